The quantitative estimate of drug-likeness (QED) is 0.725. The van der Waals surface area contributed by atoms with Gasteiger partial charge in [-0.25, -0.2) is 9.67 Å². The highest BCUT2D eigenvalue weighted by Crippen LogP contribution is 2.22. The predicted octanol–water partition coefficient (Wildman–Crippen LogP) is 1.61. The number of hydrogen-bond acceptors (Lipinski definition) is 4. The number of Topliss-reactive ketones (excluding diaryl/α,β-unsaturated/α-hetero) is 1. The zero-order chi connectivity index (χ0) is 12.9. The molecule has 0 amide bonds. The molecule has 0 fully saturated rings. The zero-order valence-electron chi connectivity index (χ0n) is 11.1. The highest BCUT2D eigenvalue weighted by atomic mass is 16.5. The largest absolute Gasteiger partial charge is 0.370 e. The summed E-state index contributed by atoms with van der Waals surface area (Å²) in [6, 6.07) is 0. The van der Waals surface area contributed by atoms with Gasteiger partial charge >= 0.3 is 0 Å². The Balaban J connectivity index is 2.84. The minimum absolute atomic E-state index is 0.0766. The van der Waals surface area contributed by atoms with E-state index >= 15 is 0 Å². The Morgan fingerprint density at radius 2 is 2.06 bits per heavy atom. The van der Waals surface area contributed by atoms with Crippen molar-refractivity contribution in [3.8, 4) is 0 Å². The van der Waals surface area contributed by atoms with Crippen molar-refractivity contribution < 1.29 is 9.53 Å². The van der Waals surface area contributed by atoms with Crippen LogP contribution in [0.25, 0.3) is 0 Å². The number of aromatic nitrogens is 3. The number of ketones is 1. The van der Waals surface area contributed by atoms with E-state index in [0.29, 0.717) is 18.7 Å². The van der Waals surface area contributed by atoms with E-state index < -0.39 is 5.60 Å². The van der Waals surface area contributed by atoms with Crippen LogP contribution in [-0.4, -0.2) is 33.3 Å². The second-order valence-electron chi connectivity index (χ2n) is 4.00. The molecule has 0 saturated carbocycles. The van der Waals surface area contributed by atoms with E-state index in [4.69, 9.17) is 4.74 Å². The Kier molecular flexibility index (Phi) is 4.81. The van der Waals surface area contributed by atoms with Crippen molar-refractivity contribution in [1.29, 1.82) is 0 Å². The Morgan fingerprint density at radius 1 is 1.41 bits per heavy atom. The van der Waals surface area contributed by atoms with E-state index in [2.05, 4.69) is 10.1 Å². The molecule has 96 valence electrons. The molecule has 0 bridgehead atoms. The summed E-state index contributed by atoms with van der Waals surface area (Å²) in [5.41, 5.74) is -0.676. The van der Waals surface area contributed by atoms with Crippen molar-refractivity contribution >= 4 is 5.78 Å². The summed E-state index contributed by atoms with van der Waals surface area (Å²) in [6.45, 7) is 6.64. The van der Waals surface area contributed by atoms with Crippen LogP contribution in [0.3, 0.4) is 0 Å². The second-order valence-corrected chi connectivity index (χ2v) is 4.00. The fraction of sp³-hybridized carbons (Fsp3) is 0.750. The van der Waals surface area contributed by atoms with Crippen molar-refractivity contribution in [2.75, 3.05) is 7.11 Å². The molecule has 0 N–H and O–H groups in total. The number of hydrogen-bond donors (Lipinski definition) is 0. The van der Waals surface area contributed by atoms with Gasteiger partial charge in [0, 0.05) is 13.7 Å². The van der Waals surface area contributed by atoms with Crippen LogP contribution in [0, 0.1) is 0 Å². The van der Waals surface area contributed by atoms with Crippen molar-refractivity contribution in [3.63, 3.8) is 0 Å². The van der Waals surface area contributed by atoms with Gasteiger partial charge in [-0.15, -0.1) is 0 Å². The Bertz CT molecular complexity index is 361. The standard InChI is InChI=1S/C12H21N3O2/c1-5-12(6-2,17-4)10(16)8-11-13-9-14-15(11)7-3/h9H,5-8H2,1-4H3. The van der Waals surface area contributed by atoms with Crippen LogP contribution in [0.2, 0.25) is 0 Å². The van der Waals surface area contributed by atoms with Crippen LogP contribution in [-0.2, 0) is 22.5 Å². The molecule has 0 aliphatic carbocycles. The Labute approximate surface area is 102 Å². The fourth-order valence-corrected chi connectivity index (χ4v) is 2.04. The van der Waals surface area contributed by atoms with E-state index in [1.807, 2.05) is 20.8 Å². The molecule has 0 saturated heterocycles. The van der Waals surface area contributed by atoms with Crippen molar-refractivity contribution in [1.82, 2.24) is 14.8 Å². The molecule has 1 rings (SSSR count). The van der Waals surface area contributed by atoms with Crippen LogP contribution >= 0.6 is 0 Å². The van der Waals surface area contributed by atoms with Gasteiger partial charge in [0.05, 0.1) is 6.42 Å². The van der Waals surface area contributed by atoms with E-state index in [-0.39, 0.29) is 12.2 Å². The van der Waals surface area contributed by atoms with Gasteiger partial charge in [0.15, 0.2) is 5.78 Å². The van der Waals surface area contributed by atoms with Crippen LogP contribution in [0.1, 0.15) is 39.4 Å². The van der Waals surface area contributed by atoms with Crippen molar-refractivity contribution in [2.24, 2.45) is 0 Å². The highest BCUT2D eigenvalue weighted by Gasteiger charge is 2.34. The first-order chi connectivity index (χ1) is 8.13. The van der Waals surface area contributed by atoms with Gasteiger partial charge in [-0.05, 0) is 19.8 Å². The molecule has 0 aliphatic rings. The Morgan fingerprint density at radius 3 is 2.53 bits per heavy atom. The summed E-state index contributed by atoms with van der Waals surface area (Å²) < 4.78 is 7.15. The van der Waals surface area contributed by atoms with Crippen LogP contribution in [0.15, 0.2) is 6.33 Å². The average molecular weight is 239 g/mol. The normalized spacial score (nSPS) is 11.8. The molecular weight excluding hydrogens is 218 g/mol. The molecule has 1 aromatic rings. The smallest absolute Gasteiger partial charge is 0.172 e. The van der Waals surface area contributed by atoms with E-state index in [0.717, 1.165) is 6.54 Å². The lowest BCUT2D eigenvalue weighted by Gasteiger charge is -2.28. The maximum Gasteiger partial charge on any atom is 0.172 e. The summed E-state index contributed by atoms with van der Waals surface area (Å²) in [4.78, 5) is 16.4. The van der Waals surface area contributed by atoms with E-state index in [9.17, 15) is 4.79 Å². The zero-order valence-corrected chi connectivity index (χ0v) is 11.1. The molecule has 1 aromatic heterocycles. The molecule has 0 radical (unpaired) electrons. The van der Waals surface area contributed by atoms with Crippen LogP contribution in [0.4, 0.5) is 0 Å². The molecule has 0 unspecified atom stereocenters. The number of ether oxygens (including phenoxy) is 1. The first kappa shape index (κ1) is 13.8. The van der Waals surface area contributed by atoms with Gasteiger partial charge in [-0.1, -0.05) is 13.8 Å². The molecule has 0 aromatic carbocycles. The fourth-order valence-electron chi connectivity index (χ4n) is 2.04. The molecule has 0 aliphatic heterocycles. The number of rotatable bonds is 7. The summed E-state index contributed by atoms with van der Waals surface area (Å²) in [6.07, 6.45) is 3.13. The van der Waals surface area contributed by atoms with Crippen molar-refractivity contribution in [3.05, 3.63) is 12.2 Å². The molecule has 0 atom stereocenters. The number of aryl methyl sites for hydroxylation is 1. The number of nitrogens with zero attached hydrogens (tertiary/aromatic N) is 3. The molecular formula is C12H21N3O2. The van der Waals surface area contributed by atoms with Gasteiger partial charge in [0.1, 0.15) is 17.8 Å². The minimum atomic E-state index is -0.676. The van der Waals surface area contributed by atoms with Gasteiger partial charge in [-0.3, -0.25) is 4.79 Å². The topological polar surface area (TPSA) is 57.0 Å². The lowest BCUT2D eigenvalue weighted by atomic mass is 9.90. The average Bonchev–Trinajstić information content (AvgIpc) is 2.79. The van der Waals surface area contributed by atoms with Gasteiger partial charge in [-0.2, -0.15) is 5.10 Å². The minimum Gasteiger partial charge on any atom is -0.370 e. The van der Waals surface area contributed by atoms with Gasteiger partial charge < -0.3 is 4.74 Å². The summed E-state index contributed by atoms with van der Waals surface area (Å²) in [5.74, 6) is 0.786. The number of carbonyl (C=O) groups excluding carboxylic acids is 1. The number of methoxy groups -OCH3 is 1. The molecule has 5 heteroatoms. The first-order valence-corrected chi connectivity index (χ1v) is 6.08. The molecule has 17 heavy (non-hydrogen) atoms. The molecule has 0 spiro atoms. The Hall–Kier alpha value is -1.23. The van der Waals surface area contributed by atoms with Crippen LogP contribution < -0.4 is 0 Å². The third-order valence-corrected chi connectivity index (χ3v) is 3.36. The summed E-state index contributed by atoms with van der Waals surface area (Å²) in [5, 5.41) is 4.06. The maximum atomic E-state index is 12.3. The molecule has 5 nitrogen and oxygen atoms in total. The third kappa shape index (κ3) is 2.72. The van der Waals surface area contributed by atoms with E-state index in [1.165, 1.54) is 6.33 Å². The van der Waals surface area contributed by atoms with E-state index in [1.54, 1.807) is 11.8 Å². The predicted molar refractivity (Wildman–Crippen MR) is 64.7 cm³/mol. The molecule has 1 heterocycles. The summed E-state index contributed by atoms with van der Waals surface area (Å²) in [7, 11) is 1.59. The van der Waals surface area contributed by atoms with Crippen LogP contribution in [0.5, 0.6) is 0 Å². The lowest BCUT2D eigenvalue weighted by Crippen LogP contribution is -2.41. The lowest BCUT2D eigenvalue weighted by molar-refractivity contribution is -0.141. The van der Waals surface area contributed by atoms with Gasteiger partial charge in [0.2, 0.25) is 0 Å². The first-order valence-electron chi connectivity index (χ1n) is 6.08. The maximum absolute atomic E-state index is 12.3. The highest BCUT2D eigenvalue weighted by molar-refractivity contribution is 5.88. The monoisotopic (exact) mass is 239 g/mol. The third-order valence-electron chi connectivity index (χ3n) is 3.36. The van der Waals surface area contributed by atoms with Crippen molar-refractivity contribution in [2.45, 2.75) is 52.2 Å². The van der Waals surface area contributed by atoms with Gasteiger partial charge in [0.25, 0.3) is 0 Å². The second kappa shape index (κ2) is 5.91. The number of carbonyl (C=O) groups is 1. The summed E-state index contributed by atoms with van der Waals surface area (Å²) >= 11 is 0. The SMILES string of the molecule is CCn1ncnc1CC(=O)C(CC)(CC)OC.